The SMILES string of the molecule is CCCOc1ccc(C(=O)NC(CC(C)C)C(=O)OC)cc1-c1nc(CC)c(CC)c(=O)[nH]1. The van der Waals surface area contributed by atoms with Crippen molar-refractivity contribution >= 4 is 11.9 Å². The molecule has 1 unspecified atom stereocenters. The Morgan fingerprint density at radius 2 is 1.88 bits per heavy atom. The number of H-pyrrole nitrogens is 1. The first-order valence-corrected chi connectivity index (χ1v) is 11.5. The maximum absolute atomic E-state index is 13.0. The molecule has 1 aromatic heterocycles. The molecule has 1 aromatic carbocycles. The fraction of sp³-hybridized carbons (Fsp3) is 0.520. The van der Waals surface area contributed by atoms with Gasteiger partial charge in [-0.05, 0) is 49.8 Å². The summed E-state index contributed by atoms with van der Waals surface area (Å²) < 4.78 is 10.7. The van der Waals surface area contributed by atoms with E-state index in [1.807, 2.05) is 34.6 Å². The first-order valence-electron chi connectivity index (χ1n) is 11.5. The molecule has 1 amide bonds. The van der Waals surface area contributed by atoms with Crippen LogP contribution in [0.2, 0.25) is 0 Å². The largest absolute Gasteiger partial charge is 0.493 e. The molecule has 2 N–H and O–H groups in total. The van der Waals surface area contributed by atoms with Crippen molar-refractivity contribution in [2.75, 3.05) is 13.7 Å². The van der Waals surface area contributed by atoms with Crippen molar-refractivity contribution in [3.63, 3.8) is 0 Å². The van der Waals surface area contributed by atoms with Crippen molar-refractivity contribution in [2.24, 2.45) is 5.92 Å². The molecule has 180 valence electrons. The van der Waals surface area contributed by atoms with Crippen LogP contribution in [0, 0.1) is 5.92 Å². The van der Waals surface area contributed by atoms with Crippen LogP contribution in [0.1, 0.15) is 69.1 Å². The van der Waals surface area contributed by atoms with Gasteiger partial charge in [0, 0.05) is 11.1 Å². The van der Waals surface area contributed by atoms with Gasteiger partial charge < -0.3 is 19.8 Å². The minimum Gasteiger partial charge on any atom is -0.493 e. The van der Waals surface area contributed by atoms with Crippen molar-refractivity contribution in [3.05, 3.63) is 45.4 Å². The van der Waals surface area contributed by atoms with E-state index in [9.17, 15) is 14.4 Å². The van der Waals surface area contributed by atoms with Crippen molar-refractivity contribution in [1.82, 2.24) is 15.3 Å². The topological polar surface area (TPSA) is 110 Å². The van der Waals surface area contributed by atoms with Crippen molar-refractivity contribution in [1.29, 1.82) is 0 Å². The summed E-state index contributed by atoms with van der Waals surface area (Å²) >= 11 is 0. The number of carbonyl (C=O) groups is 2. The molecule has 33 heavy (non-hydrogen) atoms. The van der Waals surface area contributed by atoms with Crippen LogP contribution in [0.25, 0.3) is 11.4 Å². The van der Waals surface area contributed by atoms with Gasteiger partial charge in [-0.2, -0.15) is 0 Å². The molecule has 0 fully saturated rings. The van der Waals surface area contributed by atoms with Crippen LogP contribution in [-0.4, -0.2) is 41.6 Å². The van der Waals surface area contributed by atoms with Gasteiger partial charge in [0.25, 0.3) is 11.5 Å². The highest BCUT2D eigenvalue weighted by Gasteiger charge is 2.24. The van der Waals surface area contributed by atoms with Gasteiger partial charge in [0.2, 0.25) is 0 Å². The molecule has 1 heterocycles. The van der Waals surface area contributed by atoms with Crippen LogP contribution < -0.4 is 15.6 Å². The molecule has 8 nitrogen and oxygen atoms in total. The molecule has 0 aliphatic heterocycles. The van der Waals surface area contributed by atoms with Gasteiger partial charge in [-0.3, -0.25) is 9.59 Å². The number of esters is 1. The highest BCUT2D eigenvalue weighted by Crippen LogP contribution is 2.29. The van der Waals surface area contributed by atoms with E-state index < -0.39 is 17.9 Å². The number of hydrogen-bond acceptors (Lipinski definition) is 6. The molecule has 0 aliphatic rings. The quantitative estimate of drug-likeness (QED) is 0.498. The average Bonchev–Trinajstić information content (AvgIpc) is 2.80. The van der Waals surface area contributed by atoms with E-state index in [1.54, 1.807) is 18.2 Å². The summed E-state index contributed by atoms with van der Waals surface area (Å²) in [5.41, 5.74) is 2.02. The van der Waals surface area contributed by atoms with Crippen LogP contribution in [0.3, 0.4) is 0 Å². The Bertz CT molecular complexity index is 1030. The fourth-order valence-corrected chi connectivity index (χ4v) is 3.59. The number of ether oxygens (including phenoxy) is 2. The lowest BCUT2D eigenvalue weighted by atomic mass is 10.0. The number of benzene rings is 1. The average molecular weight is 458 g/mol. The lowest BCUT2D eigenvalue weighted by Gasteiger charge is -2.19. The smallest absolute Gasteiger partial charge is 0.328 e. The molecule has 1 atom stereocenters. The molecule has 8 heteroatoms. The van der Waals surface area contributed by atoms with E-state index >= 15 is 0 Å². The predicted molar refractivity (Wildman–Crippen MR) is 128 cm³/mol. The van der Waals surface area contributed by atoms with Crippen LogP contribution in [0.4, 0.5) is 0 Å². The lowest BCUT2D eigenvalue weighted by Crippen LogP contribution is -2.42. The summed E-state index contributed by atoms with van der Waals surface area (Å²) in [5, 5.41) is 2.76. The first kappa shape index (κ1) is 26.1. The van der Waals surface area contributed by atoms with E-state index in [0.29, 0.717) is 54.1 Å². The second kappa shape index (κ2) is 12.2. The second-order valence-corrected chi connectivity index (χ2v) is 8.29. The van der Waals surface area contributed by atoms with Crippen LogP contribution in [-0.2, 0) is 22.4 Å². The molecule has 0 radical (unpaired) electrons. The Morgan fingerprint density at radius 1 is 1.15 bits per heavy atom. The monoisotopic (exact) mass is 457 g/mol. The van der Waals surface area contributed by atoms with Crippen LogP contribution in [0.15, 0.2) is 23.0 Å². The van der Waals surface area contributed by atoms with Gasteiger partial charge in [0.15, 0.2) is 0 Å². The molecule has 0 saturated heterocycles. The Kier molecular flexibility index (Phi) is 9.63. The number of aromatic nitrogens is 2. The summed E-state index contributed by atoms with van der Waals surface area (Å²) in [6, 6.07) is 4.20. The summed E-state index contributed by atoms with van der Waals surface area (Å²) in [7, 11) is 1.30. The van der Waals surface area contributed by atoms with Crippen molar-refractivity contribution in [3.8, 4) is 17.1 Å². The number of aryl methyl sites for hydroxylation is 1. The third-order valence-electron chi connectivity index (χ3n) is 5.25. The minimum absolute atomic E-state index is 0.189. The Labute approximate surface area is 195 Å². The number of methoxy groups -OCH3 is 1. The zero-order valence-corrected chi connectivity index (χ0v) is 20.4. The summed E-state index contributed by atoms with van der Waals surface area (Å²) in [5.74, 6) is 0.149. The Morgan fingerprint density at radius 3 is 2.45 bits per heavy atom. The molecular weight excluding hydrogens is 422 g/mol. The van der Waals surface area contributed by atoms with E-state index in [2.05, 4.69) is 15.3 Å². The van der Waals surface area contributed by atoms with Gasteiger partial charge in [-0.15, -0.1) is 0 Å². The fourth-order valence-electron chi connectivity index (χ4n) is 3.59. The van der Waals surface area contributed by atoms with E-state index in [4.69, 9.17) is 9.47 Å². The van der Waals surface area contributed by atoms with E-state index in [1.165, 1.54) is 7.11 Å². The lowest BCUT2D eigenvalue weighted by molar-refractivity contribution is -0.143. The van der Waals surface area contributed by atoms with E-state index in [-0.39, 0.29) is 11.5 Å². The molecule has 2 aromatic rings. The number of nitrogens with zero attached hydrogens (tertiary/aromatic N) is 1. The zero-order chi connectivity index (χ0) is 24.5. The molecule has 0 spiro atoms. The van der Waals surface area contributed by atoms with Gasteiger partial charge in [0.05, 0.1) is 25.0 Å². The van der Waals surface area contributed by atoms with Crippen molar-refractivity contribution < 1.29 is 19.1 Å². The van der Waals surface area contributed by atoms with Gasteiger partial charge in [0.1, 0.15) is 17.6 Å². The molecular formula is C25H35N3O5. The second-order valence-electron chi connectivity index (χ2n) is 8.29. The highest BCUT2D eigenvalue weighted by molar-refractivity contribution is 5.98. The summed E-state index contributed by atoms with van der Waals surface area (Å²) in [6.07, 6.45) is 2.45. The van der Waals surface area contributed by atoms with Gasteiger partial charge >= 0.3 is 5.97 Å². The highest BCUT2D eigenvalue weighted by atomic mass is 16.5. The molecule has 0 aliphatic carbocycles. The molecule has 0 saturated carbocycles. The summed E-state index contributed by atoms with van der Waals surface area (Å²) in [6.45, 7) is 10.3. The number of carbonyl (C=O) groups excluding carboxylic acids is 2. The summed E-state index contributed by atoms with van der Waals surface area (Å²) in [4.78, 5) is 45.3. The Hall–Kier alpha value is -3.16. The predicted octanol–water partition coefficient (Wildman–Crippen LogP) is 3.67. The van der Waals surface area contributed by atoms with E-state index in [0.717, 1.165) is 12.1 Å². The third-order valence-corrected chi connectivity index (χ3v) is 5.25. The first-order chi connectivity index (χ1) is 15.7. The van der Waals surface area contributed by atoms with Crippen LogP contribution >= 0.6 is 0 Å². The number of nitrogens with one attached hydrogen (secondary N) is 2. The normalized spacial score (nSPS) is 11.8. The maximum atomic E-state index is 13.0. The number of aromatic amines is 1. The molecule has 0 bridgehead atoms. The minimum atomic E-state index is -0.754. The standard InChI is InChI=1S/C25H35N3O5/c1-7-12-33-21-11-10-16(23(29)27-20(13-15(4)5)25(31)32-6)14-18(21)22-26-19(9-3)17(8-2)24(30)28-22/h10-11,14-15,20H,7-9,12-13H2,1-6H3,(H,27,29)(H,26,28,30). The zero-order valence-electron chi connectivity index (χ0n) is 20.4. The number of hydrogen-bond donors (Lipinski definition) is 2. The van der Waals surface area contributed by atoms with Gasteiger partial charge in [-0.25, -0.2) is 9.78 Å². The third kappa shape index (κ3) is 6.66. The number of rotatable bonds is 11. The van der Waals surface area contributed by atoms with Crippen molar-refractivity contribution in [2.45, 2.75) is 66.3 Å². The maximum Gasteiger partial charge on any atom is 0.328 e. The molecule has 2 rings (SSSR count). The van der Waals surface area contributed by atoms with Crippen LogP contribution in [0.5, 0.6) is 5.75 Å². The Balaban J connectivity index is 2.51. The van der Waals surface area contributed by atoms with Gasteiger partial charge in [-0.1, -0.05) is 34.6 Å². The number of amides is 1.